The Hall–Kier alpha value is -2.14. The van der Waals surface area contributed by atoms with E-state index in [-0.39, 0.29) is 0 Å². The number of halogens is 1. The monoisotopic (exact) mass is 315 g/mol. The Labute approximate surface area is 118 Å². The average Bonchev–Trinajstić information content (AvgIpc) is 2.89. The van der Waals surface area contributed by atoms with Crippen molar-refractivity contribution in [2.75, 3.05) is 5.73 Å². The van der Waals surface area contributed by atoms with Crippen LogP contribution in [0.1, 0.15) is 0 Å². The van der Waals surface area contributed by atoms with Gasteiger partial charge in [0.25, 0.3) is 0 Å². The summed E-state index contributed by atoms with van der Waals surface area (Å²) in [6.45, 7) is 0. The number of nitrogen functional groups attached to an aromatic ring is 1. The molecule has 0 amide bonds. The van der Waals surface area contributed by atoms with E-state index in [2.05, 4.69) is 26.1 Å². The highest BCUT2D eigenvalue weighted by molar-refractivity contribution is 9.10. The number of rotatable bonds is 2. The fraction of sp³-hybridized carbons (Fsp3) is 0. The van der Waals surface area contributed by atoms with Gasteiger partial charge in [0, 0.05) is 15.7 Å². The quantitative estimate of drug-likeness (QED) is 0.731. The molecule has 0 aliphatic rings. The van der Waals surface area contributed by atoms with Gasteiger partial charge < -0.3 is 10.2 Å². The van der Waals surface area contributed by atoms with Crippen LogP contribution in [-0.2, 0) is 0 Å². The molecule has 1 aromatic heterocycles. The van der Waals surface area contributed by atoms with Crippen LogP contribution >= 0.6 is 15.9 Å². The van der Waals surface area contributed by atoms with Gasteiger partial charge in [0.2, 0.25) is 11.8 Å². The third-order valence-electron chi connectivity index (χ3n) is 2.66. The van der Waals surface area contributed by atoms with Crippen molar-refractivity contribution >= 4 is 21.6 Å². The second kappa shape index (κ2) is 4.85. The summed E-state index contributed by atoms with van der Waals surface area (Å²) in [7, 11) is 0. The number of hydrogen-bond acceptors (Lipinski definition) is 4. The molecule has 5 heteroatoms. The van der Waals surface area contributed by atoms with Crippen molar-refractivity contribution < 1.29 is 4.42 Å². The summed E-state index contributed by atoms with van der Waals surface area (Å²) in [5.41, 5.74) is 8.08. The van der Waals surface area contributed by atoms with E-state index in [0.717, 1.165) is 15.6 Å². The molecule has 0 unspecified atom stereocenters. The summed E-state index contributed by atoms with van der Waals surface area (Å²) in [4.78, 5) is 0. The molecule has 3 aromatic rings. The molecule has 4 nitrogen and oxygen atoms in total. The molecule has 2 aromatic carbocycles. The van der Waals surface area contributed by atoms with Gasteiger partial charge in [0.1, 0.15) is 0 Å². The first-order valence-electron chi connectivity index (χ1n) is 5.68. The van der Waals surface area contributed by atoms with Crippen molar-refractivity contribution in [2.45, 2.75) is 0 Å². The molecule has 0 bridgehead atoms. The van der Waals surface area contributed by atoms with Crippen molar-refractivity contribution in [3.8, 4) is 22.9 Å². The molecule has 1 heterocycles. The van der Waals surface area contributed by atoms with Crippen molar-refractivity contribution in [1.82, 2.24) is 10.2 Å². The van der Waals surface area contributed by atoms with Crippen LogP contribution in [-0.4, -0.2) is 10.2 Å². The lowest BCUT2D eigenvalue weighted by molar-refractivity contribution is 0.584. The van der Waals surface area contributed by atoms with Crippen molar-refractivity contribution in [3.05, 3.63) is 53.0 Å². The topological polar surface area (TPSA) is 64.9 Å². The fourth-order valence-corrected chi connectivity index (χ4v) is 2.21. The second-order valence-corrected chi connectivity index (χ2v) is 4.87. The van der Waals surface area contributed by atoms with Crippen molar-refractivity contribution in [3.63, 3.8) is 0 Å². The first-order chi connectivity index (χ1) is 9.24. The van der Waals surface area contributed by atoms with Gasteiger partial charge in [0.05, 0.1) is 5.56 Å². The predicted octanol–water partition coefficient (Wildman–Crippen LogP) is 3.75. The van der Waals surface area contributed by atoms with E-state index in [0.29, 0.717) is 17.5 Å². The Kier molecular flexibility index (Phi) is 3.05. The summed E-state index contributed by atoms with van der Waals surface area (Å²) in [5, 5.41) is 8.12. The summed E-state index contributed by atoms with van der Waals surface area (Å²) in [5.74, 6) is 0.933. The average molecular weight is 316 g/mol. The summed E-state index contributed by atoms with van der Waals surface area (Å²) < 4.78 is 6.60. The number of nitrogens with zero attached hydrogens (tertiary/aromatic N) is 2. The minimum atomic E-state index is 0.457. The first-order valence-corrected chi connectivity index (χ1v) is 6.47. The number of nitrogens with two attached hydrogens (primary N) is 1. The Morgan fingerprint density at radius 3 is 2.53 bits per heavy atom. The second-order valence-electron chi connectivity index (χ2n) is 4.02. The van der Waals surface area contributed by atoms with Crippen LogP contribution < -0.4 is 5.73 Å². The van der Waals surface area contributed by atoms with E-state index in [9.17, 15) is 0 Å². The molecule has 94 valence electrons. The zero-order chi connectivity index (χ0) is 13.2. The maximum Gasteiger partial charge on any atom is 0.249 e. The van der Waals surface area contributed by atoms with E-state index >= 15 is 0 Å². The maximum absolute atomic E-state index is 5.74. The summed E-state index contributed by atoms with van der Waals surface area (Å²) in [6.07, 6.45) is 0. The lowest BCUT2D eigenvalue weighted by Gasteiger charge is -1.98. The number of hydrogen-bond donors (Lipinski definition) is 1. The van der Waals surface area contributed by atoms with Crippen LogP contribution in [0.3, 0.4) is 0 Å². The predicted molar refractivity (Wildman–Crippen MR) is 77.3 cm³/mol. The molecule has 0 spiro atoms. The van der Waals surface area contributed by atoms with Gasteiger partial charge in [-0.25, -0.2) is 0 Å². The highest BCUT2D eigenvalue weighted by atomic mass is 79.9. The van der Waals surface area contributed by atoms with Crippen LogP contribution in [0.4, 0.5) is 5.69 Å². The summed E-state index contributed by atoms with van der Waals surface area (Å²) in [6, 6.07) is 15.1. The Morgan fingerprint density at radius 2 is 1.74 bits per heavy atom. The fourth-order valence-electron chi connectivity index (χ4n) is 1.76. The van der Waals surface area contributed by atoms with Gasteiger partial charge in [-0.05, 0) is 46.3 Å². The lowest BCUT2D eigenvalue weighted by Crippen LogP contribution is -1.84. The van der Waals surface area contributed by atoms with Gasteiger partial charge in [0.15, 0.2) is 0 Å². The van der Waals surface area contributed by atoms with Crippen LogP contribution in [0.25, 0.3) is 22.9 Å². The molecule has 2 N–H and O–H groups in total. The minimum absolute atomic E-state index is 0.457. The standard InChI is InChI=1S/C14H10BrN3O/c15-12-7-2-1-6-11(12)14-18-17-13(19-14)9-4-3-5-10(16)8-9/h1-8H,16H2. The van der Waals surface area contributed by atoms with E-state index in [1.807, 2.05) is 42.5 Å². The Bertz CT molecular complexity index is 724. The highest BCUT2D eigenvalue weighted by Gasteiger charge is 2.12. The normalized spacial score (nSPS) is 10.6. The van der Waals surface area contributed by atoms with Gasteiger partial charge in [-0.3, -0.25) is 0 Å². The zero-order valence-corrected chi connectivity index (χ0v) is 11.5. The van der Waals surface area contributed by atoms with Gasteiger partial charge in [-0.2, -0.15) is 0 Å². The molecular formula is C14H10BrN3O. The largest absolute Gasteiger partial charge is 0.416 e. The Balaban J connectivity index is 2.03. The Morgan fingerprint density at radius 1 is 0.947 bits per heavy atom. The maximum atomic E-state index is 5.74. The molecule has 0 aliphatic heterocycles. The number of benzene rings is 2. The van der Waals surface area contributed by atoms with E-state index in [1.165, 1.54) is 0 Å². The highest BCUT2D eigenvalue weighted by Crippen LogP contribution is 2.29. The lowest BCUT2D eigenvalue weighted by atomic mass is 10.2. The molecule has 0 saturated carbocycles. The number of aromatic nitrogens is 2. The molecule has 0 atom stereocenters. The molecule has 3 rings (SSSR count). The van der Waals surface area contributed by atoms with Gasteiger partial charge in [-0.15, -0.1) is 10.2 Å². The molecular weight excluding hydrogens is 306 g/mol. The molecule has 19 heavy (non-hydrogen) atoms. The molecule has 0 aliphatic carbocycles. The van der Waals surface area contributed by atoms with Crippen LogP contribution in [0.2, 0.25) is 0 Å². The first kappa shape index (κ1) is 11.9. The van der Waals surface area contributed by atoms with Crippen molar-refractivity contribution in [1.29, 1.82) is 0 Å². The number of anilines is 1. The smallest absolute Gasteiger partial charge is 0.249 e. The van der Waals surface area contributed by atoms with Crippen molar-refractivity contribution in [2.24, 2.45) is 0 Å². The van der Waals surface area contributed by atoms with Crippen LogP contribution in [0, 0.1) is 0 Å². The van der Waals surface area contributed by atoms with Gasteiger partial charge >= 0.3 is 0 Å². The summed E-state index contributed by atoms with van der Waals surface area (Å²) >= 11 is 3.46. The molecule has 0 saturated heterocycles. The zero-order valence-electron chi connectivity index (χ0n) is 9.88. The minimum Gasteiger partial charge on any atom is -0.416 e. The SMILES string of the molecule is Nc1cccc(-c2nnc(-c3ccccc3Br)o2)c1. The van der Waals surface area contributed by atoms with E-state index in [4.69, 9.17) is 10.2 Å². The molecule has 0 fully saturated rings. The van der Waals surface area contributed by atoms with E-state index < -0.39 is 0 Å². The molecule has 0 radical (unpaired) electrons. The third-order valence-corrected chi connectivity index (χ3v) is 3.35. The van der Waals surface area contributed by atoms with Crippen LogP contribution in [0.5, 0.6) is 0 Å². The van der Waals surface area contributed by atoms with Crippen LogP contribution in [0.15, 0.2) is 57.4 Å². The third kappa shape index (κ3) is 2.37. The van der Waals surface area contributed by atoms with E-state index in [1.54, 1.807) is 6.07 Å². The van der Waals surface area contributed by atoms with Gasteiger partial charge in [-0.1, -0.05) is 18.2 Å².